The highest BCUT2D eigenvalue weighted by atomic mass is 16.6. The minimum absolute atomic E-state index is 0.180. The zero-order valence-electron chi connectivity index (χ0n) is 42.0. The van der Waals surface area contributed by atoms with Crippen LogP contribution >= 0.6 is 0 Å². The highest BCUT2D eigenvalue weighted by Gasteiger charge is 2.28. The SMILES string of the molecule is O=[N+]([O-])c1c2ccc(/C=C\c3ccc(N(c4cccc5ccccc45)c4cccc5ccccc45)cc3)cc2c([N+](=O)[O-])c2ccc(/C=C\c3ccc(N(c4cccc5ccccc45)c4cccc5ccccc45)cc3)cc12. The molecule has 13 rings (SSSR count). The van der Waals surface area contributed by atoms with E-state index in [9.17, 15) is 20.2 Å². The number of nitro groups is 2. The van der Waals surface area contributed by atoms with Crippen LogP contribution in [0.4, 0.5) is 45.5 Å². The Morgan fingerprint density at radius 1 is 0.269 bits per heavy atom. The molecular formula is C70H46N4O4. The average molecular weight is 1010 g/mol. The first-order valence-electron chi connectivity index (χ1n) is 25.7. The second kappa shape index (κ2) is 19.9. The van der Waals surface area contributed by atoms with Crippen molar-refractivity contribution < 1.29 is 9.85 Å². The molecule has 0 unspecified atom stereocenters. The number of anilines is 6. The summed E-state index contributed by atoms with van der Waals surface area (Å²) >= 11 is 0. The van der Waals surface area contributed by atoms with Gasteiger partial charge in [0.2, 0.25) is 0 Å². The van der Waals surface area contributed by atoms with Crippen LogP contribution in [0, 0.1) is 20.2 Å². The predicted octanol–water partition coefficient (Wildman–Crippen LogP) is 19.7. The van der Waals surface area contributed by atoms with Gasteiger partial charge in [-0.2, -0.15) is 0 Å². The monoisotopic (exact) mass is 1010 g/mol. The zero-order valence-corrected chi connectivity index (χ0v) is 42.0. The molecule has 0 aliphatic carbocycles. The summed E-state index contributed by atoms with van der Waals surface area (Å²) < 4.78 is 0. The topological polar surface area (TPSA) is 92.8 Å². The van der Waals surface area contributed by atoms with Gasteiger partial charge in [-0.25, -0.2) is 0 Å². The molecule has 0 aliphatic rings. The van der Waals surface area contributed by atoms with Gasteiger partial charge in [-0.1, -0.05) is 206 Å². The summed E-state index contributed by atoms with van der Waals surface area (Å²) in [5, 5.41) is 35.9. The second-order valence-corrected chi connectivity index (χ2v) is 19.3. The molecule has 78 heavy (non-hydrogen) atoms. The summed E-state index contributed by atoms with van der Waals surface area (Å²) in [5.74, 6) is 0. The summed E-state index contributed by atoms with van der Waals surface area (Å²) in [6.45, 7) is 0. The van der Waals surface area contributed by atoms with Crippen LogP contribution in [-0.4, -0.2) is 9.85 Å². The third-order valence-electron chi connectivity index (χ3n) is 14.7. The first kappa shape index (κ1) is 47.0. The van der Waals surface area contributed by atoms with E-state index in [-0.39, 0.29) is 32.9 Å². The van der Waals surface area contributed by atoms with Gasteiger partial charge in [0.05, 0.1) is 54.1 Å². The molecule has 8 heteroatoms. The highest BCUT2D eigenvalue weighted by Crippen LogP contribution is 2.46. The first-order valence-corrected chi connectivity index (χ1v) is 25.7. The fourth-order valence-corrected chi connectivity index (χ4v) is 11.1. The van der Waals surface area contributed by atoms with Crippen molar-refractivity contribution in [3.05, 3.63) is 297 Å². The van der Waals surface area contributed by atoms with Crippen molar-refractivity contribution in [3.63, 3.8) is 0 Å². The maximum atomic E-state index is 13.0. The Balaban J connectivity index is 0.812. The molecule has 0 saturated carbocycles. The Bertz CT molecular complexity index is 4110. The quantitative estimate of drug-likeness (QED) is 0.0524. The van der Waals surface area contributed by atoms with Gasteiger partial charge >= 0.3 is 0 Å². The van der Waals surface area contributed by atoms with Crippen LogP contribution in [0.25, 0.3) is 88.9 Å². The molecule has 0 atom stereocenters. The molecule has 0 saturated heterocycles. The molecule has 0 bridgehead atoms. The Kier molecular flexibility index (Phi) is 12.0. The summed E-state index contributed by atoms with van der Waals surface area (Å²) in [7, 11) is 0. The smallest absolute Gasteiger partial charge is 0.285 e. The number of hydrogen-bond donors (Lipinski definition) is 0. The second-order valence-electron chi connectivity index (χ2n) is 19.3. The molecule has 0 N–H and O–H groups in total. The summed E-state index contributed by atoms with van der Waals surface area (Å²) in [6, 6.07) is 85.7. The third kappa shape index (κ3) is 8.59. The number of nitro benzene ring substituents is 2. The lowest BCUT2D eigenvalue weighted by molar-refractivity contribution is -0.384. The first-order chi connectivity index (χ1) is 38.3. The van der Waals surface area contributed by atoms with E-state index in [4.69, 9.17) is 0 Å². The van der Waals surface area contributed by atoms with E-state index in [0.717, 1.165) is 88.3 Å². The van der Waals surface area contributed by atoms with Gasteiger partial charge in [0.1, 0.15) is 0 Å². The summed E-state index contributed by atoms with van der Waals surface area (Å²) in [4.78, 5) is 29.8. The van der Waals surface area contributed by atoms with Gasteiger partial charge in [-0.3, -0.25) is 20.2 Å². The van der Waals surface area contributed by atoms with Crippen LogP contribution in [0.15, 0.2) is 255 Å². The van der Waals surface area contributed by atoms with Gasteiger partial charge in [0.25, 0.3) is 11.4 Å². The zero-order chi connectivity index (χ0) is 52.7. The largest absolute Gasteiger partial charge is 0.309 e. The van der Waals surface area contributed by atoms with Crippen LogP contribution in [0.2, 0.25) is 0 Å². The normalized spacial score (nSPS) is 11.7. The van der Waals surface area contributed by atoms with E-state index in [2.05, 4.69) is 204 Å². The number of fused-ring (bicyclic) bond motifs is 6. The lowest BCUT2D eigenvalue weighted by Crippen LogP contribution is -2.11. The lowest BCUT2D eigenvalue weighted by atomic mass is 9.95. The van der Waals surface area contributed by atoms with E-state index in [1.807, 2.05) is 48.6 Å². The fourth-order valence-electron chi connectivity index (χ4n) is 11.1. The summed E-state index contributed by atoms with van der Waals surface area (Å²) in [6.07, 6.45) is 7.66. The van der Waals surface area contributed by atoms with Gasteiger partial charge in [0, 0.05) is 32.9 Å². The molecule has 0 heterocycles. The third-order valence-corrected chi connectivity index (χ3v) is 14.7. The van der Waals surface area contributed by atoms with Crippen LogP contribution < -0.4 is 9.80 Å². The van der Waals surface area contributed by atoms with E-state index < -0.39 is 9.85 Å². The molecule has 0 fully saturated rings. The van der Waals surface area contributed by atoms with Crippen LogP contribution in [-0.2, 0) is 0 Å². The van der Waals surface area contributed by atoms with Crippen LogP contribution in [0.5, 0.6) is 0 Å². The molecule has 13 aromatic rings. The van der Waals surface area contributed by atoms with Crippen molar-refractivity contribution in [2.45, 2.75) is 0 Å². The molecule has 8 nitrogen and oxygen atoms in total. The minimum atomic E-state index is -0.435. The average Bonchev–Trinajstić information content (AvgIpc) is 3.57. The predicted molar refractivity (Wildman–Crippen MR) is 325 cm³/mol. The molecule has 0 aliphatic heterocycles. The summed E-state index contributed by atoms with van der Waals surface area (Å²) in [5.41, 5.74) is 8.97. The molecule has 370 valence electrons. The fraction of sp³-hybridized carbons (Fsp3) is 0. The molecule has 0 spiro atoms. The van der Waals surface area contributed by atoms with Crippen molar-refractivity contribution in [3.8, 4) is 0 Å². The Morgan fingerprint density at radius 2 is 0.538 bits per heavy atom. The van der Waals surface area contributed by atoms with Gasteiger partial charge < -0.3 is 9.80 Å². The van der Waals surface area contributed by atoms with E-state index in [1.54, 1.807) is 36.4 Å². The maximum Gasteiger partial charge on any atom is 0.285 e. The maximum absolute atomic E-state index is 13.0. The van der Waals surface area contributed by atoms with Crippen molar-refractivity contribution >= 4 is 134 Å². The standard InChI is InChI=1S/C70H46N4O4/c75-73(76)69-62-44-38-50(32-30-48-35-41-56(42-36-48)72(67-27-11-19-53-15-3-7-23-59(53)67)68-28-12-20-54-16-4-8-24-60(54)68)46-64(62)70(74(77)78)61-43-37-49(45-63(61)69)31-29-47-33-39-55(40-34-47)71(65-25-9-17-51-13-1-5-21-57(51)65)66-26-10-18-52-14-2-6-22-58(52)66/h1-46H/b31-29-,32-30-. The number of hydrogen-bond acceptors (Lipinski definition) is 6. The molecule has 0 amide bonds. The molecular weight excluding hydrogens is 961 g/mol. The van der Waals surface area contributed by atoms with Gasteiger partial charge in [-0.05, 0) is 117 Å². The van der Waals surface area contributed by atoms with E-state index in [0.29, 0.717) is 11.1 Å². The lowest BCUT2D eigenvalue weighted by Gasteiger charge is -2.28. The van der Waals surface area contributed by atoms with Crippen molar-refractivity contribution in [2.75, 3.05) is 9.80 Å². The van der Waals surface area contributed by atoms with Crippen molar-refractivity contribution in [1.82, 2.24) is 0 Å². The van der Waals surface area contributed by atoms with Crippen molar-refractivity contribution in [1.29, 1.82) is 0 Å². The van der Waals surface area contributed by atoms with E-state index >= 15 is 0 Å². The minimum Gasteiger partial charge on any atom is -0.309 e. The van der Waals surface area contributed by atoms with Crippen LogP contribution in [0.1, 0.15) is 22.3 Å². The van der Waals surface area contributed by atoms with E-state index in [1.165, 1.54) is 0 Å². The molecule has 0 aromatic heterocycles. The van der Waals surface area contributed by atoms with Gasteiger partial charge in [0.15, 0.2) is 0 Å². The highest BCUT2D eigenvalue weighted by molar-refractivity contribution is 6.16. The van der Waals surface area contributed by atoms with Gasteiger partial charge in [-0.15, -0.1) is 0 Å². The number of non-ortho nitro benzene ring substituents is 2. The molecule has 13 aromatic carbocycles. The Labute approximate surface area is 449 Å². The number of benzene rings is 13. The van der Waals surface area contributed by atoms with Crippen molar-refractivity contribution in [2.24, 2.45) is 0 Å². The Morgan fingerprint density at radius 3 is 0.846 bits per heavy atom. The van der Waals surface area contributed by atoms with Crippen LogP contribution in [0.3, 0.4) is 0 Å². The number of rotatable bonds is 12. The number of nitrogens with zero attached hydrogens (tertiary/aromatic N) is 4. The molecule has 0 radical (unpaired) electrons. The Hall–Kier alpha value is -10.7.